The molecule has 0 radical (unpaired) electrons. The van der Waals surface area contributed by atoms with Crippen molar-refractivity contribution in [1.29, 1.82) is 10.5 Å². The summed E-state index contributed by atoms with van der Waals surface area (Å²) in [5, 5.41) is 21.7. The third-order valence-corrected chi connectivity index (χ3v) is 6.88. The highest BCUT2D eigenvalue weighted by atomic mass is 32.2. The van der Waals surface area contributed by atoms with Gasteiger partial charge in [-0.3, -0.25) is 9.69 Å². The first-order chi connectivity index (χ1) is 13.7. The number of nitrogens with one attached hydrogen (secondary N) is 1. The third-order valence-electron chi connectivity index (χ3n) is 5.91. The van der Waals surface area contributed by atoms with Crippen molar-refractivity contribution in [3.8, 4) is 12.1 Å². The zero-order valence-corrected chi connectivity index (χ0v) is 16.6. The van der Waals surface area contributed by atoms with E-state index in [1.807, 2.05) is 28.8 Å². The van der Waals surface area contributed by atoms with Crippen molar-refractivity contribution in [2.75, 3.05) is 55.8 Å². The van der Waals surface area contributed by atoms with Gasteiger partial charge in [-0.1, -0.05) is 0 Å². The number of thioether (sulfide) groups is 1. The van der Waals surface area contributed by atoms with E-state index in [0.717, 1.165) is 63.0 Å². The van der Waals surface area contributed by atoms with E-state index in [0.29, 0.717) is 17.2 Å². The number of carbonyl (C=O) groups excluding carboxylic acids is 1. The van der Waals surface area contributed by atoms with Crippen LogP contribution in [0.15, 0.2) is 18.2 Å². The predicted molar refractivity (Wildman–Crippen MR) is 109 cm³/mol. The minimum atomic E-state index is -0.0431. The van der Waals surface area contributed by atoms with Gasteiger partial charge in [0.25, 0.3) is 0 Å². The summed E-state index contributed by atoms with van der Waals surface area (Å²) in [6.45, 7) is 5.39. The molecule has 1 N–H and O–H groups in total. The summed E-state index contributed by atoms with van der Waals surface area (Å²) < 4.78 is 0. The van der Waals surface area contributed by atoms with Crippen molar-refractivity contribution in [3.05, 3.63) is 29.3 Å². The molecule has 1 unspecified atom stereocenters. The third kappa shape index (κ3) is 3.81. The number of piperazine rings is 1. The minimum absolute atomic E-state index is 0.0431. The molecule has 3 saturated heterocycles. The fourth-order valence-corrected chi connectivity index (χ4v) is 5.21. The Morgan fingerprint density at radius 3 is 2.57 bits per heavy atom. The average Bonchev–Trinajstić information content (AvgIpc) is 3.45. The standard InChI is InChI=1S/C20H24N6OS/c21-11-15-1-2-17(9-16(15)12-22)24-3-5-25(6-4-24)18-10-19(23-13-18)20(27)26-7-8-28-14-26/h1-2,9,18-19,23H,3-8,10,13-14H2/t18?,19-/m0/s1. The van der Waals surface area contributed by atoms with Crippen molar-refractivity contribution in [2.24, 2.45) is 0 Å². The summed E-state index contributed by atoms with van der Waals surface area (Å²) >= 11 is 1.82. The monoisotopic (exact) mass is 396 g/mol. The normalized spacial score (nSPS) is 25.5. The number of hydrogen-bond acceptors (Lipinski definition) is 7. The van der Waals surface area contributed by atoms with Gasteiger partial charge in [-0.2, -0.15) is 10.5 Å². The maximum Gasteiger partial charge on any atom is 0.240 e. The highest BCUT2D eigenvalue weighted by molar-refractivity contribution is 7.99. The molecule has 1 aromatic carbocycles. The minimum Gasteiger partial charge on any atom is -0.369 e. The second kappa shape index (κ2) is 8.40. The van der Waals surface area contributed by atoms with Crippen LogP contribution in [0.25, 0.3) is 0 Å². The summed E-state index contributed by atoms with van der Waals surface area (Å²) in [7, 11) is 0. The Labute approximate surface area is 169 Å². The number of benzene rings is 1. The number of carbonyl (C=O) groups is 1. The van der Waals surface area contributed by atoms with Crippen molar-refractivity contribution in [2.45, 2.75) is 18.5 Å². The van der Waals surface area contributed by atoms with Crippen LogP contribution in [0.4, 0.5) is 5.69 Å². The van der Waals surface area contributed by atoms with Crippen molar-refractivity contribution in [1.82, 2.24) is 15.1 Å². The molecule has 1 aromatic rings. The molecule has 2 atom stereocenters. The Kier molecular flexibility index (Phi) is 5.72. The number of nitriles is 2. The number of anilines is 1. The van der Waals surface area contributed by atoms with Crippen LogP contribution in [-0.2, 0) is 4.79 Å². The summed E-state index contributed by atoms with van der Waals surface area (Å²) in [4.78, 5) is 19.3. The second-order valence-corrected chi connectivity index (χ2v) is 8.54. The van der Waals surface area contributed by atoms with Gasteiger partial charge >= 0.3 is 0 Å². The maximum atomic E-state index is 12.6. The Morgan fingerprint density at radius 2 is 1.89 bits per heavy atom. The van der Waals surface area contributed by atoms with Gasteiger partial charge in [0.15, 0.2) is 0 Å². The van der Waals surface area contributed by atoms with Gasteiger partial charge in [0.2, 0.25) is 5.91 Å². The van der Waals surface area contributed by atoms with Crippen molar-refractivity contribution >= 4 is 23.4 Å². The lowest BCUT2D eigenvalue weighted by molar-refractivity contribution is -0.131. The van der Waals surface area contributed by atoms with Crippen LogP contribution >= 0.6 is 11.8 Å². The lowest BCUT2D eigenvalue weighted by atomic mass is 10.1. The highest BCUT2D eigenvalue weighted by Gasteiger charge is 2.36. The van der Waals surface area contributed by atoms with Gasteiger partial charge in [0.05, 0.1) is 23.0 Å². The molecule has 3 aliphatic rings. The topological polar surface area (TPSA) is 86.4 Å². The molecule has 3 heterocycles. The molecule has 8 heteroatoms. The number of hydrogen-bond donors (Lipinski definition) is 1. The first kappa shape index (κ1) is 19.1. The highest BCUT2D eigenvalue weighted by Crippen LogP contribution is 2.24. The number of nitrogens with zero attached hydrogens (tertiary/aromatic N) is 5. The molecule has 28 heavy (non-hydrogen) atoms. The van der Waals surface area contributed by atoms with Crippen LogP contribution in [-0.4, -0.2) is 78.7 Å². The molecule has 7 nitrogen and oxygen atoms in total. The van der Waals surface area contributed by atoms with Gasteiger partial charge < -0.3 is 15.1 Å². The first-order valence-electron chi connectivity index (χ1n) is 9.73. The Morgan fingerprint density at radius 1 is 1.11 bits per heavy atom. The average molecular weight is 397 g/mol. The van der Waals surface area contributed by atoms with Crippen LogP contribution in [0, 0.1) is 22.7 Å². The van der Waals surface area contributed by atoms with E-state index in [9.17, 15) is 10.1 Å². The lowest BCUT2D eigenvalue weighted by Crippen LogP contribution is -2.51. The Hall–Kier alpha value is -2.26. The van der Waals surface area contributed by atoms with Crippen LogP contribution in [0.3, 0.4) is 0 Å². The van der Waals surface area contributed by atoms with Crippen LogP contribution in [0.5, 0.6) is 0 Å². The molecular formula is C20H24N6OS. The van der Waals surface area contributed by atoms with E-state index < -0.39 is 0 Å². The summed E-state index contributed by atoms with van der Waals surface area (Å²) in [6.07, 6.45) is 0.884. The fraction of sp³-hybridized carbons (Fsp3) is 0.550. The molecule has 0 saturated carbocycles. The molecule has 146 valence electrons. The first-order valence-corrected chi connectivity index (χ1v) is 10.9. The van der Waals surface area contributed by atoms with Crippen LogP contribution < -0.4 is 10.2 Å². The predicted octanol–water partition coefficient (Wildman–Crippen LogP) is 0.815. The molecule has 1 amide bonds. The van der Waals surface area contributed by atoms with Gasteiger partial charge in [0, 0.05) is 56.8 Å². The largest absolute Gasteiger partial charge is 0.369 e. The van der Waals surface area contributed by atoms with Gasteiger partial charge in [0.1, 0.15) is 12.1 Å². The van der Waals surface area contributed by atoms with E-state index in [2.05, 4.69) is 27.3 Å². The van der Waals surface area contributed by atoms with E-state index in [4.69, 9.17) is 5.26 Å². The van der Waals surface area contributed by atoms with E-state index in [1.165, 1.54) is 0 Å². The zero-order valence-electron chi connectivity index (χ0n) is 15.8. The summed E-state index contributed by atoms with van der Waals surface area (Å²) in [5.74, 6) is 2.13. The lowest BCUT2D eigenvalue weighted by Gasteiger charge is -2.39. The number of rotatable bonds is 3. The quantitative estimate of drug-likeness (QED) is 0.809. The van der Waals surface area contributed by atoms with Gasteiger partial charge in [-0.25, -0.2) is 0 Å². The van der Waals surface area contributed by atoms with Crippen molar-refractivity contribution in [3.63, 3.8) is 0 Å². The van der Waals surface area contributed by atoms with Gasteiger partial charge in [-0.15, -0.1) is 11.8 Å². The molecule has 4 rings (SSSR count). The second-order valence-electron chi connectivity index (χ2n) is 7.47. The smallest absolute Gasteiger partial charge is 0.240 e. The Balaban J connectivity index is 1.32. The fourth-order valence-electron chi connectivity index (χ4n) is 4.26. The van der Waals surface area contributed by atoms with Crippen molar-refractivity contribution < 1.29 is 4.79 Å². The molecular weight excluding hydrogens is 372 g/mol. The molecule has 3 aliphatic heterocycles. The van der Waals surface area contributed by atoms with Crippen LogP contribution in [0.2, 0.25) is 0 Å². The SMILES string of the molecule is N#Cc1ccc(N2CCN(C3CN[C@H](C(=O)N4CCSC4)C3)CC2)cc1C#N. The van der Waals surface area contributed by atoms with E-state index >= 15 is 0 Å². The number of amides is 1. The maximum absolute atomic E-state index is 12.6. The molecule has 0 spiro atoms. The van der Waals surface area contributed by atoms with Crippen LogP contribution in [0.1, 0.15) is 17.5 Å². The van der Waals surface area contributed by atoms with E-state index in [-0.39, 0.29) is 11.9 Å². The molecule has 0 aromatic heterocycles. The summed E-state index contributed by atoms with van der Waals surface area (Å²) in [6, 6.07) is 10.0. The molecule has 0 aliphatic carbocycles. The Bertz CT molecular complexity index is 817. The summed E-state index contributed by atoms with van der Waals surface area (Å²) in [5.41, 5.74) is 1.86. The van der Waals surface area contributed by atoms with Gasteiger partial charge in [-0.05, 0) is 24.6 Å². The molecule has 0 bridgehead atoms. The zero-order chi connectivity index (χ0) is 19.5. The molecule has 3 fully saturated rings. The van der Waals surface area contributed by atoms with E-state index in [1.54, 1.807) is 6.07 Å².